The molecular formula is C36H43N3O4. The third kappa shape index (κ3) is 9.75. The Morgan fingerprint density at radius 2 is 1.58 bits per heavy atom. The van der Waals surface area contributed by atoms with E-state index in [9.17, 15) is 14.4 Å². The highest BCUT2D eigenvalue weighted by Gasteiger charge is 2.37. The Bertz CT molecular complexity index is 1420. The van der Waals surface area contributed by atoms with Crippen LogP contribution in [-0.2, 0) is 20.7 Å². The first kappa shape index (κ1) is 32.9. The van der Waals surface area contributed by atoms with Gasteiger partial charge in [0.25, 0.3) is 5.91 Å². The average molecular weight is 582 g/mol. The van der Waals surface area contributed by atoms with Gasteiger partial charge in [-0.05, 0) is 62.9 Å². The Hall–Kier alpha value is -4.57. The van der Waals surface area contributed by atoms with Gasteiger partial charge in [-0.2, -0.15) is 0 Å². The van der Waals surface area contributed by atoms with Gasteiger partial charge in [-0.3, -0.25) is 9.59 Å². The molecule has 0 fully saturated rings. The van der Waals surface area contributed by atoms with E-state index in [2.05, 4.69) is 23.5 Å². The lowest BCUT2D eigenvalue weighted by Crippen LogP contribution is -2.53. The lowest BCUT2D eigenvalue weighted by molar-refractivity contribution is -0.140. The Morgan fingerprint density at radius 3 is 2.23 bits per heavy atom. The molecule has 0 saturated carbocycles. The summed E-state index contributed by atoms with van der Waals surface area (Å²) in [6.07, 6.45) is 7.84. The summed E-state index contributed by atoms with van der Waals surface area (Å²) in [5.41, 5.74) is 2.68. The van der Waals surface area contributed by atoms with Crippen molar-refractivity contribution in [2.24, 2.45) is 0 Å². The van der Waals surface area contributed by atoms with E-state index in [1.165, 1.54) is 0 Å². The topological polar surface area (TPSA) is 87.7 Å². The zero-order valence-corrected chi connectivity index (χ0v) is 25.9. The molecule has 7 heteroatoms. The number of rotatable bonds is 12. The largest absolute Gasteiger partial charge is 0.444 e. The van der Waals surface area contributed by atoms with Crippen molar-refractivity contribution in [1.82, 2.24) is 10.2 Å². The first-order chi connectivity index (χ1) is 20.5. The summed E-state index contributed by atoms with van der Waals surface area (Å²) in [5, 5.41) is 5.83. The van der Waals surface area contributed by atoms with Crippen molar-refractivity contribution in [2.45, 2.75) is 78.0 Å². The monoisotopic (exact) mass is 581 g/mol. The maximum Gasteiger partial charge on any atom is 0.408 e. The highest BCUT2D eigenvalue weighted by molar-refractivity contribution is 5.99. The van der Waals surface area contributed by atoms with Crippen LogP contribution in [0.1, 0.15) is 75.3 Å². The predicted octanol–water partition coefficient (Wildman–Crippen LogP) is 6.81. The van der Waals surface area contributed by atoms with Gasteiger partial charge in [0.05, 0.1) is 0 Å². The zero-order valence-electron chi connectivity index (χ0n) is 25.9. The number of unbranched alkanes of at least 4 members (excludes halogenated alkanes) is 2. The summed E-state index contributed by atoms with van der Waals surface area (Å²) in [4.78, 5) is 43.4. The second-order valence-electron chi connectivity index (χ2n) is 11.6. The van der Waals surface area contributed by atoms with Crippen LogP contribution in [0, 0.1) is 19.3 Å². The summed E-state index contributed by atoms with van der Waals surface area (Å²) in [6, 6.07) is 22.0. The van der Waals surface area contributed by atoms with Gasteiger partial charge in [0.1, 0.15) is 17.7 Å². The van der Waals surface area contributed by atoms with E-state index < -0.39 is 35.6 Å². The van der Waals surface area contributed by atoms with Gasteiger partial charge in [0, 0.05) is 24.2 Å². The van der Waals surface area contributed by atoms with Crippen LogP contribution in [-0.4, -0.2) is 41.0 Å². The van der Waals surface area contributed by atoms with Crippen LogP contribution >= 0.6 is 0 Å². The first-order valence-corrected chi connectivity index (χ1v) is 14.8. The van der Waals surface area contributed by atoms with Crippen molar-refractivity contribution >= 4 is 23.6 Å². The molecule has 2 atom stereocenters. The number of aryl methyl sites for hydroxylation is 1. The molecule has 0 spiro atoms. The number of hydrogen-bond donors (Lipinski definition) is 2. The SMILES string of the molecule is C#Cc1ccccc1C(C(=O)Nc1ccccc1C)N(CCCCC)C(=O)C(Cc1ccccc1)NC(=O)OC(C)(C)C. The van der Waals surface area contributed by atoms with Crippen LogP contribution in [0.4, 0.5) is 10.5 Å². The number of nitrogens with one attached hydrogen (secondary N) is 2. The molecule has 3 rings (SSSR count). The molecule has 2 N–H and O–H groups in total. The van der Waals surface area contributed by atoms with Crippen molar-refractivity contribution in [3.05, 3.63) is 101 Å². The molecule has 0 heterocycles. The van der Waals surface area contributed by atoms with Crippen molar-refractivity contribution < 1.29 is 19.1 Å². The molecule has 3 amide bonds. The van der Waals surface area contributed by atoms with Crippen molar-refractivity contribution in [1.29, 1.82) is 0 Å². The van der Waals surface area contributed by atoms with Crippen LogP contribution in [0.5, 0.6) is 0 Å². The highest BCUT2D eigenvalue weighted by Crippen LogP contribution is 2.29. The molecule has 0 saturated heterocycles. The van der Waals surface area contributed by atoms with E-state index in [1.54, 1.807) is 49.9 Å². The van der Waals surface area contributed by atoms with Crippen LogP contribution in [0.25, 0.3) is 0 Å². The average Bonchev–Trinajstić information content (AvgIpc) is 2.97. The van der Waals surface area contributed by atoms with E-state index in [-0.39, 0.29) is 6.42 Å². The van der Waals surface area contributed by atoms with Gasteiger partial charge in [-0.1, -0.05) is 92.4 Å². The maximum atomic E-state index is 14.6. The molecule has 3 aromatic rings. The van der Waals surface area contributed by atoms with Crippen molar-refractivity contribution in [2.75, 3.05) is 11.9 Å². The number of carbonyl (C=O) groups is 3. The fourth-order valence-electron chi connectivity index (χ4n) is 4.83. The van der Waals surface area contributed by atoms with Gasteiger partial charge in [0.15, 0.2) is 0 Å². The van der Waals surface area contributed by atoms with Gasteiger partial charge in [-0.15, -0.1) is 6.42 Å². The van der Waals surface area contributed by atoms with Crippen LogP contribution in [0.2, 0.25) is 0 Å². The summed E-state index contributed by atoms with van der Waals surface area (Å²) >= 11 is 0. The Labute approximate surface area is 256 Å². The van der Waals surface area contributed by atoms with Crippen LogP contribution in [0.15, 0.2) is 78.9 Å². The lowest BCUT2D eigenvalue weighted by atomic mass is 9.96. The number of carbonyl (C=O) groups excluding carboxylic acids is 3. The number of alkyl carbamates (subject to hydrolysis) is 1. The molecule has 0 aliphatic heterocycles. The highest BCUT2D eigenvalue weighted by atomic mass is 16.6. The molecule has 0 radical (unpaired) electrons. The number of nitrogens with zero attached hydrogens (tertiary/aromatic N) is 1. The zero-order chi connectivity index (χ0) is 31.4. The summed E-state index contributed by atoms with van der Waals surface area (Å²) < 4.78 is 5.53. The quantitative estimate of drug-likeness (QED) is 0.182. The molecule has 0 aromatic heterocycles. The number of benzene rings is 3. The van der Waals surface area contributed by atoms with E-state index in [0.717, 1.165) is 24.0 Å². The Kier molecular flexibility index (Phi) is 11.9. The molecule has 2 unspecified atom stereocenters. The Morgan fingerprint density at radius 1 is 0.930 bits per heavy atom. The van der Waals surface area contributed by atoms with Crippen molar-refractivity contribution in [3.8, 4) is 12.3 Å². The fraction of sp³-hybridized carbons (Fsp3) is 0.361. The Balaban J connectivity index is 2.11. The predicted molar refractivity (Wildman–Crippen MR) is 171 cm³/mol. The minimum atomic E-state index is -1.05. The summed E-state index contributed by atoms with van der Waals surface area (Å²) in [6.45, 7) is 9.56. The van der Waals surface area contributed by atoms with E-state index in [1.807, 2.05) is 61.5 Å². The minimum Gasteiger partial charge on any atom is -0.444 e. The lowest BCUT2D eigenvalue weighted by Gasteiger charge is -2.35. The number of anilines is 1. The molecular weight excluding hydrogens is 538 g/mol. The van der Waals surface area contributed by atoms with E-state index >= 15 is 0 Å². The molecule has 226 valence electrons. The number of ether oxygens (including phenoxy) is 1. The standard InChI is InChI=1S/C36H43N3O4/c1-7-9-17-24-39(34(41)31(25-27-19-11-10-12-20-27)38-35(42)43-36(4,5)6)32(29-22-15-14-21-28(29)8-2)33(40)37-30-23-16-13-18-26(30)3/h2,10-16,18-23,31-32H,7,9,17,24-25H2,1,3-6H3,(H,37,40)(H,38,42). The molecule has 0 bridgehead atoms. The first-order valence-electron chi connectivity index (χ1n) is 14.8. The minimum absolute atomic E-state index is 0.214. The number of amides is 3. The van der Waals surface area contributed by atoms with Gasteiger partial charge in [-0.25, -0.2) is 4.79 Å². The fourth-order valence-corrected chi connectivity index (χ4v) is 4.83. The van der Waals surface area contributed by atoms with Gasteiger partial charge < -0.3 is 20.3 Å². The van der Waals surface area contributed by atoms with E-state index in [0.29, 0.717) is 29.8 Å². The second kappa shape index (κ2) is 15.6. The van der Waals surface area contributed by atoms with E-state index in [4.69, 9.17) is 11.2 Å². The number of terminal acetylenes is 1. The van der Waals surface area contributed by atoms with Crippen LogP contribution in [0.3, 0.4) is 0 Å². The van der Waals surface area contributed by atoms with Crippen molar-refractivity contribution in [3.63, 3.8) is 0 Å². The maximum absolute atomic E-state index is 14.6. The smallest absolute Gasteiger partial charge is 0.408 e. The van der Waals surface area contributed by atoms with Gasteiger partial charge in [0.2, 0.25) is 5.91 Å². The molecule has 0 aliphatic carbocycles. The molecule has 0 aliphatic rings. The second-order valence-corrected chi connectivity index (χ2v) is 11.6. The number of para-hydroxylation sites is 1. The third-order valence-corrected chi connectivity index (χ3v) is 6.93. The normalized spacial score (nSPS) is 12.4. The molecule has 43 heavy (non-hydrogen) atoms. The van der Waals surface area contributed by atoms with Crippen LogP contribution < -0.4 is 10.6 Å². The summed E-state index contributed by atoms with van der Waals surface area (Å²) in [7, 11) is 0. The molecule has 3 aromatic carbocycles. The number of hydrogen-bond acceptors (Lipinski definition) is 4. The summed E-state index contributed by atoms with van der Waals surface area (Å²) in [5.74, 6) is 1.90. The third-order valence-electron chi connectivity index (χ3n) is 6.93. The van der Waals surface area contributed by atoms with Gasteiger partial charge >= 0.3 is 6.09 Å². The molecule has 7 nitrogen and oxygen atoms in total.